The molecule has 8 bridgehead atoms. The van der Waals surface area contributed by atoms with Gasteiger partial charge in [-0.05, 0) is 37.5 Å². The highest BCUT2D eigenvalue weighted by Gasteiger charge is 3.01. The molecule has 0 unspecified atom stereocenters. The number of halogens is 2. The van der Waals surface area contributed by atoms with Crippen LogP contribution in [0.2, 0.25) is 0 Å². The van der Waals surface area contributed by atoms with Gasteiger partial charge in [-0.25, -0.2) is 0 Å². The van der Waals surface area contributed by atoms with Crippen molar-refractivity contribution in [3.8, 4) is 0 Å². The third kappa shape index (κ3) is 1.37. The van der Waals surface area contributed by atoms with E-state index >= 15 is 0 Å². The van der Waals surface area contributed by atoms with Crippen molar-refractivity contribution < 1.29 is 28.7 Å². The molecule has 10 atom stereocenters. The Labute approximate surface area is 177 Å². The standard InChI is InChI=1S/C18H18I2O6/c1-3-25-15(23)17-7-5-6-8(12(20)13(21)9(6)17)18(17,16(24)26-4-2)10(5)14(22)11(7)19/h5-12H,3-4H2,1-2H3/t5-,6-,7-,8+,9+,10-,11-,12+,17+,18+/m1/s1. The second-order valence-electron chi connectivity index (χ2n) is 7.95. The molecule has 0 aromatic carbocycles. The largest absolute Gasteiger partial charge is 0.466 e. The Hall–Kier alpha value is -0.260. The van der Waals surface area contributed by atoms with E-state index in [2.05, 4.69) is 45.2 Å². The van der Waals surface area contributed by atoms with Gasteiger partial charge in [-0.15, -0.1) is 0 Å². The number of ether oxygens (including phenoxy) is 2. The van der Waals surface area contributed by atoms with Crippen LogP contribution in [-0.4, -0.2) is 44.6 Å². The van der Waals surface area contributed by atoms with Crippen LogP contribution >= 0.6 is 45.2 Å². The Morgan fingerprint density at radius 2 is 1.19 bits per heavy atom. The highest BCUT2D eigenvalue weighted by molar-refractivity contribution is 14.1. The number of ketones is 2. The lowest BCUT2D eigenvalue weighted by Gasteiger charge is -2.52. The van der Waals surface area contributed by atoms with Crippen LogP contribution in [0.25, 0.3) is 0 Å². The molecule has 0 aromatic rings. The predicted octanol–water partition coefficient (Wildman–Crippen LogP) is 1.60. The van der Waals surface area contributed by atoms with Crippen molar-refractivity contribution in [2.24, 2.45) is 46.3 Å². The lowest BCUT2D eigenvalue weighted by molar-refractivity contribution is -0.195. The van der Waals surface area contributed by atoms with Crippen molar-refractivity contribution in [3.63, 3.8) is 0 Å². The SMILES string of the molecule is CCOC(=O)[C@]12[C@@H]3[C@H]4[C@@H]5[C@@H]([C@H](I)C(=O)[C@H]51)[C@@]2(C(=O)OCC)[C@H]4C(=O)[C@@H]3I. The number of hydrogen-bond donors (Lipinski definition) is 0. The summed E-state index contributed by atoms with van der Waals surface area (Å²) in [5.41, 5.74) is -2.42. The summed E-state index contributed by atoms with van der Waals surface area (Å²) in [6.07, 6.45) is 0. The Morgan fingerprint density at radius 1 is 0.846 bits per heavy atom. The molecule has 0 heterocycles. The molecule has 6 aliphatic carbocycles. The molecule has 6 saturated carbocycles. The summed E-state index contributed by atoms with van der Waals surface area (Å²) in [5, 5.41) is 0. The van der Waals surface area contributed by atoms with E-state index in [0.717, 1.165) is 0 Å². The lowest BCUT2D eigenvalue weighted by atomic mass is 9.49. The Kier molecular flexibility index (Phi) is 3.57. The minimum absolute atomic E-state index is 0.0532. The zero-order valence-corrected chi connectivity index (χ0v) is 18.6. The highest BCUT2D eigenvalue weighted by Crippen LogP contribution is 2.92. The maximum atomic E-state index is 13.4. The van der Waals surface area contributed by atoms with Crippen LogP contribution < -0.4 is 0 Å². The summed E-state index contributed by atoms with van der Waals surface area (Å²) in [4.78, 5) is 52.8. The van der Waals surface area contributed by atoms with Crippen LogP contribution in [0, 0.1) is 46.3 Å². The lowest BCUT2D eigenvalue weighted by Crippen LogP contribution is -2.67. The quantitative estimate of drug-likeness (QED) is 0.284. The zero-order chi connectivity index (χ0) is 18.8. The van der Waals surface area contributed by atoms with E-state index in [0.29, 0.717) is 0 Å². The van der Waals surface area contributed by atoms with Crippen molar-refractivity contribution in [2.75, 3.05) is 13.2 Å². The Bertz CT molecular complexity index is 718. The van der Waals surface area contributed by atoms with Gasteiger partial charge in [-0.3, -0.25) is 19.2 Å². The Morgan fingerprint density at radius 3 is 1.50 bits per heavy atom. The molecular weight excluding hydrogens is 566 g/mol. The van der Waals surface area contributed by atoms with E-state index in [-0.39, 0.29) is 56.3 Å². The van der Waals surface area contributed by atoms with E-state index < -0.39 is 34.6 Å². The Balaban J connectivity index is 1.81. The summed E-state index contributed by atoms with van der Waals surface area (Å²) >= 11 is 4.21. The smallest absolute Gasteiger partial charge is 0.314 e. The number of carbonyl (C=O) groups excluding carboxylic acids is 4. The van der Waals surface area contributed by atoms with Gasteiger partial charge in [-0.1, -0.05) is 45.2 Å². The van der Waals surface area contributed by atoms with Crippen molar-refractivity contribution in [3.05, 3.63) is 0 Å². The van der Waals surface area contributed by atoms with Crippen LogP contribution in [0.5, 0.6) is 0 Å². The fourth-order valence-electron chi connectivity index (χ4n) is 7.77. The van der Waals surface area contributed by atoms with E-state index in [1.165, 1.54) is 0 Å². The van der Waals surface area contributed by atoms with Gasteiger partial charge in [0.2, 0.25) is 0 Å². The second kappa shape index (κ2) is 5.21. The van der Waals surface area contributed by atoms with Crippen molar-refractivity contribution in [2.45, 2.75) is 21.7 Å². The first kappa shape index (κ1) is 17.8. The number of rotatable bonds is 4. The topological polar surface area (TPSA) is 86.7 Å². The summed E-state index contributed by atoms with van der Waals surface area (Å²) in [7, 11) is 0. The third-order valence-corrected chi connectivity index (χ3v) is 10.6. The first-order valence-electron chi connectivity index (χ1n) is 9.05. The molecule has 0 aromatic heterocycles. The van der Waals surface area contributed by atoms with Crippen molar-refractivity contribution in [1.82, 2.24) is 0 Å². The van der Waals surface area contributed by atoms with E-state index in [1.54, 1.807) is 13.8 Å². The van der Waals surface area contributed by atoms with Crippen LogP contribution in [0.15, 0.2) is 0 Å². The van der Waals surface area contributed by atoms with E-state index in [9.17, 15) is 19.2 Å². The molecule has 6 aliphatic rings. The molecule has 8 heteroatoms. The molecule has 0 aliphatic heterocycles. The van der Waals surface area contributed by atoms with Crippen LogP contribution in [0.4, 0.5) is 0 Å². The number of esters is 2. The minimum Gasteiger partial charge on any atom is -0.466 e. The molecular formula is C18H18I2O6. The van der Waals surface area contributed by atoms with Gasteiger partial charge >= 0.3 is 11.9 Å². The van der Waals surface area contributed by atoms with Gasteiger partial charge in [0, 0.05) is 11.8 Å². The fraction of sp³-hybridized carbons (Fsp3) is 0.778. The molecule has 0 N–H and O–H groups in total. The second-order valence-corrected chi connectivity index (χ2v) is 10.6. The molecule has 0 amide bonds. The monoisotopic (exact) mass is 584 g/mol. The van der Waals surface area contributed by atoms with Crippen LogP contribution in [-0.2, 0) is 28.7 Å². The third-order valence-electron chi connectivity index (χ3n) is 7.77. The number of hydrogen-bond acceptors (Lipinski definition) is 6. The highest BCUT2D eigenvalue weighted by atomic mass is 127. The van der Waals surface area contributed by atoms with Gasteiger partial charge in [-0.2, -0.15) is 0 Å². The summed E-state index contributed by atoms with van der Waals surface area (Å²) < 4.78 is 10.2. The van der Waals surface area contributed by atoms with E-state index in [1.807, 2.05) is 0 Å². The number of Topliss-reactive ketones (excluding diaryl/α,β-unsaturated/α-hetero) is 2. The molecule has 0 radical (unpaired) electrons. The maximum Gasteiger partial charge on any atom is 0.314 e. The normalized spacial score (nSPS) is 54.5. The zero-order valence-electron chi connectivity index (χ0n) is 14.2. The van der Waals surface area contributed by atoms with Gasteiger partial charge in [0.15, 0.2) is 11.6 Å². The molecule has 6 nitrogen and oxygen atoms in total. The van der Waals surface area contributed by atoms with Gasteiger partial charge in [0.05, 0.1) is 31.9 Å². The fourth-order valence-corrected chi connectivity index (χ4v) is 10.6. The summed E-state index contributed by atoms with van der Waals surface area (Å²) in [6.45, 7) is 3.82. The summed E-state index contributed by atoms with van der Waals surface area (Å²) in [6, 6.07) is 0. The van der Waals surface area contributed by atoms with Gasteiger partial charge < -0.3 is 9.47 Å². The predicted molar refractivity (Wildman–Crippen MR) is 105 cm³/mol. The first-order chi connectivity index (χ1) is 12.3. The average molecular weight is 584 g/mol. The molecule has 6 rings (SSSR count). The maximum absolute atomic E-state index is 13.4. The summed E-state index contributed by atoms with van der Waals surface area (Å²) in [5.74, 6) is -2.56. The van der Waals surface area contributed by atoms with Gasteiger partial charge in [0.1, 0.15) is 0 Å². The average Bonchev–Trinajstić information content (AvgIpc) is 3.34. The molecule has 140 valence electrons. The molecule has 0 saturated heterocycles. The molecule has 26 heavy (non-hydrogen) atoms. The molecule has 6 fully saturated rings. The first-order valence-corrected chi connectivity index (χ1v) is 11.5. The van der Waals surface area contributed by atoms with Gasteiger partial charge in [0.25, 0.3) is 0 Å². The van der Waals surface area contributed by atoms with Crippen LogP contribution in [0.1, 0.15) is 13.8 Å². The molecule has 0 spiro atoms. The number of alkyl halides is 2. The van der Waals surface area contributed by atoms with Crippen molar-refractivity contribution in [1.29, 1.82) is 0 Å². The van der Waals surface area contributed by atoms with Crippen molar-refractivity contribution >= 4 is 68.7 Å². The van der Waals surface area contributed by atoms with Crippen LogP contribution in [0.3, 0.4) is 0 Å². The van der Waals surface area contributed by atoms with E-state index in [4.69, 9.17) is 9.47 Å². The number of carbonyl (C=O) groups is 4. The minimum atomic E-state index is -1.21.